The van der Waals surface area contributed by atoms with Crippen LogP contribution in [-0.2, 0) is 4.79 Å². The van der Waals surface area contributed by atoms with Crippen molar-refractivity contribution in [3.8, 4) is 5.75 Å². The molecular weight excluding hydrogens is 218 g/mol. The summed E-state index contributed by atoms with van der Waals surface area (Å²) >= 11 is 0. The summed E-state index contributed by atoms with van der Waals surface area (Å²) in [5.41, 5.74) is 5.59. The smallest absolute Gasteiger partial charge is 0.258 e. The molecule has 1 amide bonds. The molecular formula is C12H19N3O2. The lowest BCUT2D eigenvalue weighted by molar-refractivity contribution is -0.123. The van der Waals surface area contributed by atoms with Gasteiger partial charge in [0.25, 0.3) is 5.91 Å². The minimum absolute atomic E-state index is 0.0487. The summed E-state index contributed by atoms with van der Waals surface area (Å²) in [5.74, 6) is 0.953. The van der Waals surface area contributed by atoms with Crippen LogP contribution in [0, 0.1) is 5.92 Å². The molecule has 0 aliphatic rings. The SMILES string of the molecule is CC(C)C(C)NC(=O)COc1cccnc1N. The molecule has 0 aromatic carbocycles. The van der Waals surface area contributed by atoms with Crippen LogP contribution in [0.4, 0.5) is 5.82 Å². The molecule has 1 heterocycles. The molecule has 1 rings (SSSR count). The van der Waals surface area contributed by atoms with E-state index >= 15 is 0 Å². The third-order valence-electron chi connectivity index (χ3n) is 2.55. The van der Waals surface area contributed by atoms with Gasteiger partial charge in [0.1, 0.15) is 0 Å². The highest BCUT2D eigenvalue weighted by Gasteiger charge is 2.11. The van der Waals surface area contributed by atoms with E-state index in [2.05, 4.69) is 10.3 Å². The number of hydrogen-bond acceptors (Lipinski definition) is 4. The summed E-state index contributed by atoms with van der Waals surface area (Å²) in [7, 11) is 0. The van der Waals surface area contributed by atoms with Gasteiger partial charge in [-0.05, 0) is 25.0 Å². The van der Waals surface area contributed by atoms with Gasteiger partial charge in [-0.1, -0.05) is 13.8 Å². The van der Waals surface area contributed by atoms with Crippen LogP contribution in [0.2, 0.25) is 0 Å². The molecule has 0 aliphatic carbocycles. The Morgan fingerprint density at radius 2 is 2.24 bits per heavy atom. The van der Waals surface area contributed by atoms with Crippen molar-refractivity contribution in [1.29, 1.82) is 0 Å². The van der Waals surface area contributed by atoms with E-state index < -0.39 is 0 Å². The maximum absolute atomic E-state index is 11.5. The fourth-order valence-electron chi connectivity index (χ4n) is 1.13. The number of nitrogens with zero attached hydrogens (tertiary/aromatic N) is 1. The summed E-state index contributed by atoms with van der Waals surface area (Å²) in [4.78, 5) is 15.4. The van der Waals surface area contributed by atoms with Gasteiger partial charge in [0.05, 0.1) is 0 Å². The number of carbonyl (C=O) groups is 1. The number of nitrogens with one attached hydrogen (secondary N) is 1. The minimum atomic E-state index is -0.158. The van der Waals surface area contributed by atoms with Crippen molar-refractivity contribution in [3.05, 3.63) is 18.3 Å². The summed E-state index contributed by atoms with van der Waals surface area (Å²) in [5, 5.41) is 2.84. The third-order valence-corrected chi connectivity index (χ3v) is 2.55. The van der Waals surface area contributed by atoms with Gasteiger partial charge in [-0.15, -0.1) is 0 Å². The average molecular weight is 237 g/mol. The Balaban J connectivity index is 2.41. The zero-order chi connectivity index (χ0) is 12.8. The molecule has 17 heavy (non-hydrogen) atoms. The molecule has 0 spiro atoms. The fraction of sp³-hybridized carbons (Fsp3) is 0.500. The second kappa shape index (κ2) is 6.08. The molecule has 0 aliphatic heterocycles. The maximum atomic E-state index is 11.5. The predicted octanol–water partition coefficient (Wildman–Crippen LogP) is 1.20. The highest BCUT2D eigenvalue weighted by atomic mass is 16.5. The maximum Gasteiger partial charge on any atom is 0.258 e. The van der Waals surface area contributed by atoms with Gasteiger partial charge in [-0.3, -0.25) is 4.79 Å². The second-order valence-electron chi connectivity index (χ2n) is 4.28. The zero-order valence-corrected chi connectivity index (χ0v) is 10.4. The van der Waals surface area contributed by atoms with Crippen LogP contribution in [0.25, 0.3) is 0 Å². The van der Waals surface area contributed by atoms with Crippen LogP contribution in [0.3, 0.4) is 0 Å². The van der Waals surface area contributed by atoms with Gasteiger partial charge >= 0.3 is 0 Å². The largest absolute Gasteiger partial charge is 0.480 e. The second-order valence-corrected chi connectivity index (χ2v) is 4.28. The van der Waals surface area contributed by atoms with Crippen molar-refractivity contribution < 1.29 is 9.53 Å². The highest BCUT2D eigenvalue weighted by Crippen LogP contribution is 2.16. The van der Waals surface area contributed by atoms with E-state index in [9.17, 15) is 4.79 Å². The highest BCUT2D eigenvalue weighted by molar-refractivity contribution is 5.78. The molecule has 1 aromatic rings. The number of anilines is 1. The van der Waals surface area contributed by atoms with Crippen LogP contribution in [0.5, 0.6) is 5.75 Å². The molecule has 0 bridgehead atoms. The fourth-order valence-corrected chi connectivity index (χ4v) is 1.13. The first-order valence-electron chi connectivity index (χ1n) is 5.63. The molecule has 0 radical (unpaired) electrons. The molecule has 0 fully saturated rings. The van der Waals surface area contributed by atoms with E-state index in [0.717, 1.165) is 0 Å². The first-order chi connectivity index (χ1) is 8.00. The minimum Gasteiger partial charge on any atom is -0.480 e. The Morgan fingerprint density at radius 3 is 2.82 bits per heavy atom. The molecule has 0 saturated carbocycles. The topological polar surface area (TPSA) is 77.2 Å². The quantitative estimate of drug-likeness (QED) is 0.806. The number of carbonyl (C=O) groups excluding carboxylic acids is 1. The van der Waals surface area contributed by atoms with E-state index in [-0.39, 0.29) is 24.4 Å². The zero-order valence-electron chi connectivity index (χ0n) is 10.4. The van der Waals surface area contributed by atoms with Crippen molar-refractivity contribution in [1.82, 2.24) is 10.3 Å². The van der Waals surface area contributed by atoms with Crippen molar-refractivity contribution >= 4 is 11.7 Å². The normalized spacial score (nSPS) is 12.2. The first-order valence-corrected chi connectivity index (χ1v) is 5.63. The summed E-state index contributed by atoms with van der Waals surface area (Å²) in [6.45, 7) is 6.00. The van der Waals surface area contributed by atoms with Crippen molar-refractivity contribution in [2.24, 2.45) is 5.92 Å². The third kappa shape index (κ3) is 4.30. The molecule has 1 atom stereocenters. The number of hydrogen-bond donors (Lipinski definition) is 2. The Hall–Kier alpha value is -1.78. The molecule has 5 heteroatoms. The van der Waals surface area contributed by atoms with E-state index in [0.29, 0.717) is 11.7 Å². The number of pyridine rings is 1. The Morgan fingerprint density at radius 1 is 1.53 bits per heavy atom. The molecule has 94 valence electrons. The van der Waals surface area contributed by atoms with Gasteiger partial charge < -0.3 is 15.8 Å². The predicted molar refractivity (Wildman–Crippen MR) is 66.6 cm³/mol. The lowest BCUT2D eigenvalue weighted by atomic mass is 10.1. The lowest BCUT2D eigenvalue weighted by Crippen LogP contribution is -2.39. The van der Waals surface area contributed by atoms with Crippen LogP contribution in [-0.4, -0.2) is 23.5 Å². The number of ether oxygens (including phenoxy) is 1. The van der Waals surface area contributed by atoms with Gasteiger partial charge in [0.2, 0.25) is 0 Å². The Kier molecular flexibility index (Phi) is 4.75. The number of rotatable bonds is 5. The Labute approximate surface area is 101 Å². The average Bonchev–Trinajstić information content (AvgIpc) is 2.27. The molecule has 1 unspecified atom stereocenters. The molecule has 5 nitrogen and oxygen atoms in total. The molecule has 0 saturated heterocycles. The van der Waals surface area contributed by atoms with E-state index in [1.807, 2.05) is 20.8 Å². The van der Waals surface area contributed by atoms with Gasteiger partial charge in [0, 0.05) is 12.2 Å². The summed E-state index contributed by atoms with van der Waals surface area (Å²) in [6, 6.07) is 3.51. The standard InChI is InChI=1S/C12H19N3O2/c1-8(2)9(3)15-11(16)7-17-10-5-4-6-14-12(10)13/h4-6,8-9H,7H2,1-3H3,(H2,13,14)(H,15,16). The van der Waals surface area contributed by atoms with Crippen molar-refractivity contribution in [2.45, 2.75) is 26.8 Å². The number of nitrogens with two attached hydrogens (primary N) is 1. The summed E-state index contributed by atoms with van der Waals surface area (Å²) in [6.07, 6.45) is 1.57. The van der Waals surface area contributed by atoms with Crippen LogP contribution >= 0.6 is 0 Å². The van der Waals surface area contributed by atoms with Crippen LogP contribution < -0.4 is 15.8 Å². The van der Waals surface area contributed by atoms with Gasteiger partial charge in [-0.2, -0.15) is 0 Å². The Bertz CT molecular complexity index is 380. The van der Waals surface area contributed by atoms with E-state index in [1.54, 1.807) is 18.3 Å². The molecule has 3 N–H and O–H groups in total. The van der Waals surface area contributed by atoms with Crippen molar-refractivity contribution in [3.63, 3.8) is 0 Å². The lowest BCUT2D eigenvalue weighted by Gasteiger charge is -2.17. The van der Waals surface area contributed by atoms with Gasteiger partial charge in [-0.25, -0.2) is 4.98 Å². The van der Waals surface area contributed by atoms with Crippen molar-refractivity contribution in [2.75, 3.05) is 12.3 Å². The molecule has 1 aromatic heterocycles. The van der Waals surface area contributed by atoms with Crippen LogP contribution in [0.15, 0.2) is 18.3 Å². The number of aromatic nitrogens is 1. The monoisotopic (exact) mass is 237 g/mol. The van der Waals surface area contributed by atoms with E-state index in [1.165, 1.54) is 0 Å². The van der Waals surface area contributed by atoms with Gasteiger partial charge in [0.15, 0.2) is 18.2 Å². The summed E-state index contributed by atoms with van der Waals surface area (Å²) < 4.78 is 5.28. The number of amides is 1. The van der Waals surface area contributed by atoms with E-state index in [4.69, 9.17) is 10.5 Å². The van der Waals surface area contributed by atoms with Crippen LogP contribution in [0.1, 0.15) is 20.8 Å². The first kappa shape index (κ1) is 13.3. The number of nitrogen functional groups attached to an aromatic ring is 1.